The molecule has 0 radical (unpaired) electrons. The van der Waals surface area contributed by atoms with E-state index in [-0.39, 0.29) is 31.0 Å². The van der Waals surface area contributed by atoms with E-state index in [0.29, 0.717) is 5.56 Å². The van der Waals surface area contributed by atoms with Crippen LogP contribution in [0.3, 0.4) is 0 Å². The molecule has 0 spiro atoms. The third-order valence-electron chi connectivity index (χ3n) is 5.95. The van der Waals surface area contributed by atoms with Gasteiger partial charge in [0, 0.05) is 12.1 Å². The first-order chi connectivity index (χ1) is 15.2. The summed E-state index contributed by atoms with van der Waals surface area (Å²) < 4.78 is 0. The molecule has 5 heteroatoms. The Morgan fingerprint density at radius 2 is 1.52 bits per heavy atom. The second-order valence-electron chi connectivity index (χ2n) is 7.73. The van der Waals surface area contributed by atoms with Crippen molar-refractivity contribution >= 4 is 17.4 Å². The highest BCUT2D eigenvalue weighted by molar-refractivity contribution is 6.02. The van der Waals surface area contributed by atoms with Crippen LogP contribution in [0, 0.1) is 0 Å². The second kappa shape index (κ2) is 7.85. The van der Waals surface area contributed by atoms with Gasteiger partial charge in [-0.2, -0.15) is 0 Å². The smallest absolute Gasteiger partial charge is 0.252 e. The number of benzene rings is 3. The van der Waals surface area contributed by atoms with Crippen LogP contribution in [0.25, 0.3) is 16.7 Å². The molecule has 1 heterocycles. The van der Waals surface area contributed by atoms with Crippen molar-refractivity contribution in [3.8, 4) is 11.1 Å². The van der Waals surface area contributed by atoms with Crippen LogP contribution in [0.4, 0.5) is 0 Å². The van der Waals surface area contributed by atoms with Crippen LogP contribution >= 0.6 is 0 Å². The van der Waals surface area contributed by atoms with E-state index in [1.54, 1.807) is 29.2 Å². The van der Waals surface area contributed by atoms with Crippen molar-refractivity contribution in [1.29, 1.82) is 0 Å². The molecule has 0 bridgehead atoms. The fourth-order valence-corrected chi connectivity index (χ4v) is 4.60. The Morgan fingerprint density at radius 1 is 0.871 bits per heavy atom. The Morgan fingerprint density at radius 3 is 2.26 bits per heavy atom. The number of aliphatic hydroxyl groups excluding tert-OH is 1. The zero-order chi connectivity index (χ0) is 21.4. The molecular weight excluding hydrogens is 388 g/mol. The standard InChI is InChI=1S/C26H22N2O3/c29-15-14-28-24-21-13-7-6-11-19(21)18-10-4-5-12-20(18)22(24)16-23(26(28)31)27-25(30)17-8-2-1-3-9-17/h1-13,16,23-24,29H,14-15H2,(H,27,30)/t23-,24-/m0/s1. The molecule has 3 aromatic carbocycles. The van der Waals surface area contributed by atoms with Crippen molar-refractivity contribution in [2.24, 2.45) is 0 Å². The fourth-order valence-electron chi connectivity index (χ4n) is 4.60. The number of aliphatic hydroxyl groups is 1. The minimum atomic E-state index is -0.802. The minimum Gasteiger partial charge on any atom is -0.395 e. The molecule has 5 nitrogen and oxygen atoms in total. The summed E-state index contributed by atoms with van der Waals surface area (Å²) >= 11 is 0. The molecule has 3 aromatic rings. The summed E-state index contributed by atoms with van der Waals surface area (Å²) in [5.41, 5.74) is 5.73. The summed E-state index contributed by atoms with van der Waals surface area (Å²) in [6, 6.07) is 23.9. The number of carbonyl (C=O) groups is 2. The second-order valence-corrected chi connectivity index (χ2v) is 7.73. The molecule has 1 aliphatic heterocycles. The highest BCUT2D eigenvalue weighted by Crippen LogP contribution is 2.49. The van der Waals surface area contributed by atoms with Gasteiger partial charge in [0.2, 0.25) is 5.91 Å². The monoisotopic (exact) mass is 410 g/mol. The average molecular weight is 410 g/mol. The van der Waals surface area contributed by atoms with Crippen LogP contribution < -0.4 is 5.32 Å². The van der Waals surface area contributed by atoms with Crippen molar-refractivity contribution in [1.82, 2.24) is 10.2 Å². The highest BCUT2D eigenvalue weighted by Gasteiger charge is 2.41. The number of fused-ring (bicyclic) bond motifs is 6. The Balaban J connectivity index is 1.62. The van der Waals surface area contributed by atoms with Gasteiger partial charge in [-0.05, 0) is 46.0 Å². The van der Waals surface area contributed by atoms with E-state index < -0.39 is 6.04 Å². The summed E-state index contributed by atoms with van der Waals surface area (Å²) in [5, 5.41) is 12.6. The number of nitrogens with zero attached hydrogens (tertiary/aromatic N) is 1. The Kier molecular flexibility index (Phi) is 4.88. The van der Waals surface area contributed by atoms with Gasteiger partial charge in [0.05, 0.1) is 12.6 Å². The van der Waals surface area contributed by atoms with Gasteiger partial charge in [0.15, 0.2) is 0 Å². The molecule has 2 atom stereocenters. The molecule has 0 saturated carbocycles. The lowest BCUT2D eigenvalue weighted by Gasteiger charge is -2.43. The van der Waals surface area contributed by atoms with Gasteiger partial charge in [-0.1, -0.05) is 66.7 Å². The van der Waals surface area contributed by atoms with Gasteiger partial charge in [0.25, 0.3) is 5.91 Å². The topological polar surface area (TPSA) is 69.6 Å². The molecule has 0 saturated heterocycles. The molecule has 0 unspecified atom stereocenters. The summed E-state index contributed by atoms with van der Waals surface area (Å²) in [6.45, 7) is 0.0355. The number of nitrogens with one attached hydrogen (secondary N) is 1. The number of amides is 2. The first-order valence-electron chi connectivity index (χ1n) is 10.4. The van der Waals surface area contributed by atoms with Crippen LogP contribution in [0.5, 0.6) is 0 Å². The predicted octanol–water partition coefficient (Wildman–Crippen LogP) is 3.42. The lowest BCUT2D eigenvalue weighted by molar-refractivity contribution is -0.134. The predicted molar refractivity (Wildman–Crippen MR) is 119 cm³/mol. The quantitative estimate of drug-likeness (QED) is 0.692. The van der Waals surface area contributed by atoms with Gasteiger partial charge < -0.3 is 15.3 Å². The Labute approximate surface area is 180 Å². The fraction of sp³-hybridized carbons (Fsp3) is 0.154. The zero-order valence-corrected chi connectivity index (χ0v) is 16.9. The van der Waals surface area contributed by atoms with E-state index in [1.807, 2.05) is 48.5 Å². The SMILES string of the molecule is O=C(N[C@H]1C=C2c3ccccc3-c3ccccc3[C@@H]2N(CCO)C1=O)c1ccccc1. The molecule has 2 N–H and O–H groups in total. The highest BCUT2D eigenvalue weighted by atomic mass is 16.3. The van der Waals surface area contributed by atoms with Gasteiger partial charge in [0.1, 0.15) is 6.04 Å². The number of carbonyl (C=O) groups excluding carboxylic acids is 2. The van der Waals surface area contributed by atoms with Gasteiger partial charge in [-0.3, -0.25) is 9.59 Å². The third kappa shape index (κ3) is 3.23. The molecule has 2 amide bonds. The zero-order valence-electron chi connectivity index (χ0n) is 16.9. The maximum Gasteiger partial charge on any atom is 0.252 e. The first-order valence-corrected chi connectivity index (χ1v) is 10.4. The molecule has 0 fully saturated rings. The first kappa shape index (κ1) is 19.3. The normalized spacial score (nSPS) is 19.1. The number of β-amino-alcohol motifs (C(OH)–C–C–N with tert-alkyl or cyclic N) is 1. The number of rotatable bonds is 4. The van der Waals surface area contributed by atoms with Gasteiger partial charge in [-0.25, -0.2) is 0 Å². The van der Waals surface area contributed by atoms with Crippen molar-refractivity contribution in [2.45, 2.75) is 12.1 Å². The Hall–Kier alpha value is -3.70. The average Bonchev–Trinajstić information content (AvgIpc) is 2.82. The lowest BCUT2D eigenvalue weighted by atomic mass is 9.76. The van der Waals surface area contributed by atoms with E-state index in [4.69, 9.17) is 0 Å². The maximum absolute atomic E-state index is 13.4. The van der Waals surface area contributed by atoms with E-state index in [0.717, 1.165) is 27.8 Å². The molecule has 1 aliphatic carbocycles. The maximum atomic E-state index is 13.4. The van der Waals surface area contributed by atoms with E-state index in [1.165, 1.54) is 0 Å². The third-order valence-corrected chi connectivity index (χ3v) is 5.95. The van der Waals surface area contributed by atoms with Crippen molar-refractivity contribution in [2.75, 3.05) is 13.2 Å². The molecule has 2 aliphatic rings. The lowest BCUT2D eigenvalue weighted by Crippen LogP contribution is -2.53. The summed E-state index contributed by atoms with van der Waals surface area (Å²) in [4.78, 5) is 27.9. The molecule has 154 valence electrons. The van der Waals surface area contributed by atoms with Crippen molar-refractivity contribution < 1.29 is 14.7 Å². The van der Waals surface area contributed by atoms with Crippen molar-refractivity contribution in [3.63, 3.8) is 0 Å². The summed E-state index contributed by atoms with van der Waals surface area (Å²) in [6.07, 6.45) is 1.87. The van der Waals surface area contributed by atoms with Crippen LogP contribution in [0.15, 0.2) is 84.9 Å². The Bertz CT molecular complexity index is 1190. The van der Waals surface area contributed by atoms with Crippen LogP contribution in [-0.4, -0.2) is 41.0 Å². The molecule has 0 aromatic heterocycles. The number of hydrogen-bond donors (Lipinski definition) is 2. The molecule has 31 heavy (non-hydrogen) atoms. The summed E-state index contributed by atoms with van der Waals surface area (Å²) in [5.74, 6) is -0.524. The van der Waals surface area contributed by atoms with E-state index in [9.17, 15) is 14.7 Å². The van der Waals surface area contributed by atoms with Crippen LogP contribution in [0.1, 0.15) is 27.5 Å². The molecule has 5 rings (SSSR count). The van der Waals surface area contributed by atoms with Crippen LogP contribution in [-0.2, 0) is 4.79 Å². The minimum absolute atomic E-state index is 0.154. The summed E-state index contributed by atoms with van der Waals surface area (Å²) in [7, 11) is 0. The van der Waals surface area contributed by atoms with Gasteiger partial charge in [-0.15, -0.1) is 0 Å². The largest absolute Gasteiger partial charge is 0.395 e. The van der Waals surface area contributed by atoms with E-state index >= 15 is 0 Å². The van der Waals surface area contributed by atoms with Gasteiger partial charge >= 0.3 is 0 Å². The molecular formula is C26H22N2O3. The van der Waals surface area contributed by atoms with Crippen LogP contribution in [0.2, 0.25) is 0 Å². The van der Waals surface area contributed by atoms with Crippen molar-refractivity contribution in [3.05, 3.63) is 102 Å². The van der Waals surface area contributed by atoms with E-state index in [2.05, 4.69) is 17.4 Å². The number of hydrogen-bond acceptors (Lipinski definition) is 3.